The quantitative estimate of drug-likeness (QED) is 0.0204. The number of hydrogen-bond donors (Lipinski definition) is 9. The molecule has 2 aliphatic heterocycles. The molecular weight excluding hydrogens is 1050 g/mol. The Morgan fingerprint density at radius 1 is 0.446 bits per heavy atom. The predicted molar refractivity (Wildman–Crippen MR) is 336 cm³/mol. The zero-order valence-corrected chi connectivity index (χ0v) is 50.6. The maximum absolute atomic E-state index is 13.3. The van der Waals surface area contributed by atoms with E-state index in [4.69, 9.17) is 18.9 Å². The van der Waals surface area contributed by atoms with Gasteiger partial charge in [-0.25, -0.2) is 0 Å². The second-order valence-electron chi connectivity index (χ2n) is 21.4. The van der Waals surface area contributed by atoms with Gasteiger partial charge in [-0.3, -0.25) is 4.79 Å². The largest absolute Gasteiger partial charge is 0.394 e. The van der Waals surface area contributed by atoms with E-state index >= 15 is 0 Å². The average molecular weight is 1160 g/mol. The van der Waals surface area contributed by atoms with Gasteiger partial charge in [0.15, 0.2) is 12.6 Å². The minimum atomic E-state index is -1.80. The van der Waals surface area contributed by atoms with Crippen LogP contribution in [0.15, 0.2) is 146 Å². The summed E-state index contributed by atoms with van der Waals surface area (Å²) in [6.45, 7) is 2.61. The van der Waals surface area contributed by atoms with Gasteiger partial charge in [-0.2, -0.15) is 0 Å². The number of hydrogen-bond acceptors (Lipinski definition) is 13. The molecule has 2 aliphatic rings. The fourth-order valence-corrected chi connectivity index (χ4v) is 9.22. The SMILES string of the molecule is CC/C=C\C/C=C\C/C=C\C/C=C\C/C=C\C/C=C\C/C=C\C/C=C\C/C=C\C/C=C\CCCCCCC(=O)NC(COC1OC(CO)C(OC2OC(CO)C(O)C(O)C2O)C(O)C1O)C(O)/C=C/CC/C=C/CCCCCCCCCC. The molecule has 14 heteroatoms. The summed E-state index contributed by atoms with van der Waals surface area (Å²) in [4.78, 5) is 13.3. The molecule has 0 saturated carbocycles. The third-order valence-electron chi connectivity index (χ3n) is 14.3. The summed E-state index contributed by atoms with van der Waals surface area (Å²) in [6.07, 6.45) is 61.8. The minimum Gasteiger partial charge on any atom is -0.394 e. The summed E-state index contributed by atoms with van der Waals surface area (Å²) in [7, 11) is 0. The van der Waals surface area contributed by atoms with Crippen LogP contribution in [0.4, 0.5) is 0 Å². The number of carbonyl (C=O) groups is 1. The van der Waals surface area contributed by atoms with Crippen molar-refractivity contribution in [3.63, 3.8) is 0 Å². The lowest BCUT2D eigenvalue weighted by Gasteiger charge is -2.46. The second kappa shape index (κ2) is 52.2. The molecule has 0 radical (unpaired) electrons. The van der Waals surface area contributed by atoms with Crippen molar-refractivity contribution in [2.45, 2.75) is 261 Å². The number of unbranched alkanes of at least 4 members (excludes halogenated alkanes) is 13. The topological polar surface area (TPSA) is 228 Å². The molecule has 14 nitrogen and oxygen atoms in total. The Morgan fingerprint density at radius 2 is 0.843 bits per heavy atom. The third kappa shape index (κ3) is 37.1. The number of rotatable bonds is 48. The van der Waals surface area contributed by atoms with Crippen molar-refractivity contribution in [3.05, 3.63) is 146 Å². The number of nitrogens with one attached hydrogen (secondary N) is 1. The number of ether oxygens (including phenoxy) is 4. The van der Waals surface area contributed by atoms with Crippen molar-refractivity contribution in [1.82, 2.24) is 5.32 Å². The van der Waals surface area contributed by atoms with Crippen molar-refractivity contribution in [2.75, 3.05) is 19.8 Å². The van der Waals surface area contributed by atoms with Crippen molar-refractivity contribution in [2.24, 2.45) is 0 Å². The number of allylic oxidation sites excluding steroid dienone is 23. The molecular formula is C69H111NO13. The molecule has 470 valence electrons. The van der Waals surface area contributed by atoms with E-state index in [-0.39, 0.29) is 18.9 Å². The van der Waals surface area contributed by atoms with Gasteiger partial charge in [0, 0.05) is 6.42 Å². The second-order valence-corrected chi connectivity index (χ2v) is 21.4. The normalized spacial score (nSPS) is 24.8. The number of amides is 1. The zero-order valence-electron chi connectivity index (χ0n) is 50.6. The molecule has 2 rings (SSSR count). The van der Waals surface area contributed by atoms with E-state index in [2.05, 4.69) is 153 Å². The van der Waals surface area contributed by atoms with Gasteiger partial charge in [0.05, 0.1) is 32.0 Å². The number of carbonyl (C=O) groups excluding carboxylic acids is 1. The lowest BCUT2D eigenvalue weighted by atomic mass is 9.97. The van der Waals surface area contributed by atoms with Crippen LogP contribution in [0.1, 0.15) is 187 Å². The number of aliphatic hydroxyl groups excluding tert-OH is 8. The lowest BCUT2D eigenvalue weighted by Crippen LogP contribution is -2.65. The van der Waals surface area contributed by atoms with E-state index in [0.717, 1.165) is 103 Å². The van der Waals surface area contributed by atoms with E-state index in [0.29, 0.717) is 12.8 Å². The third-order valence-corrected chi connectivity index (χ3v) is 14.3. The summed E-state index contributed by atoms with van der Waals surface area (Å²) in [5.41, 5.74) is 0. The molecule has 83 heavy (non-hydrogen) atoms. The van der Waals surface area contributed by atoms with Gasteiger partial charge in [0.1, 0.15) is 48.8 Å². The van der Waals surface area contributed by atoms with Crippen LogP contribution in [-0.4, -0.2) is 140 Å². The maximum Gasteiger partial charge on any atom is 0.220 e. The highest BCUT2D eigenvalue weighted by atomic mass is 16.7. The van der Waals surface area contributed by atoms with Crippen LogP contribution >= 0.6 is 0 Å². The van der Waals surface area contributed by atoms with Gasteiger partial charge >= 0.3 is 0 Å². The van der Waals surface area contributed by atoms with Gasteiger partial charge in [-0.05, 0) is 109 Å². The van der Waals surface area contributed by atoms with Crippen LogP contribution in [0.2, 0.25) is 0 Å². The van der Waals surface area contributed by atoms with Crippen LogP contribution < -0.4 is 5.32 Å². The van der Waals surface area contributed by atoms with E-state index in [1.807, 2.05) is 6.08 Å². The molecule has 2 fully saturated rings. The average Bonchev–Trinajstić information content (AvgIpc) is 3.64. The predicted octanol–water partition coefficient (Wildman–Crippen LogP) is 11.7. The molecule has 9 N–H and O–H groups in total. The van der Waals surface area contributed by atoms with Crippen LogP contribution in [0.3, 0.4) is 0 Å². The van der Waals surface area contributed by atoms with Gasteiger partial charge in [0.25, 0.3) is 0 Å². The van der Waals surface area contributed by atoms with E-state index in [9.17, 15) is 45.6 Å². The summed E-state index contributed by atoms with van der Waals surface area (Å²) in [5.74, 6) is -0.281. The highest BCUT2D eigenvalue weighted by molar-refractivity contribution is 5.76. The van der Waals surface area contributed by atoms with Crippen molar-refractivity contribution in [1.29, 1.82) is 0 Å². The van der Waals surface area contributed by atoms with Crippen LogP contribution in [0.5, 0.6) is 0 Å². The van der Waals surface area contributed by atoms with Crippen molar-refractivity contribution in [3.8, 4) is 0 Å². The molecule has 0 aromatic carbocycles. The Hall–Kier alpha value is -4.13. The minimum absolute atomic E-state index is 0.233. The Kier molecular flexibility index (Phi) is 47.2. The first-order valence-corrected chi connectivity index (χ1v) is 31.6. The smallest absolute Gasteiger partial charge is 0.220 e. The fraction of sp³-hybridized carbons (Fsp3) is 0.638. The summed E-state index contributed by atoms with van der Waals surface area (Å²) < 4.78 is 22.7. The highest BCUT2D eigenvalue weighted by Gasteiger charge is 2.51. The molecule has 12 unspecified atom stereocenters. The van der Waals surface area contributed by atoms with E-state index < -0.39 is 86.8 Å². The van der Waals surface area contributed by atoms with Gasteiger partial charge in [0.2, 0.25) is 5.91 Å². The molecule has 2 heterocycles. The molecule has 1 amide bonds. The first-order valence-electron chi connectivity index (χ1n) is 31.6. The Morgan fingerprint density at radius 3 is 1.33 bits per heavy atom. The van der Waals surface area contributed by atoms with Crippen molar-refractivity contribution < 1.29 is 64.6 Å². The maximum atomic E-state index is 13.3. The standard InChI is InChI=1S/C69H111NO13/c1-3-5-7-9-11-13-15-17-19-20-21-22-23-24-25-26-27-28-29-30-31-32-33-34-35-36-37-38-39-41-43-45-47-49-51-53-61(74)70-57(58(73)52-50-48-46-44-42-40-18-16-14-12-10-8-6-4-2)56-80-68-66(79)64(77)67(60(55-72)82-68)83-69-65(78)63(76)62(75)59(54-71)81-69/h5,7,11,13,17,19,21-22,24-25,27-28,30-31,33-34,36-37,39,41-42,44,50,52,57-60,62-69,71-73,75-79H,3-4,6,8-10,12,14-16,18,20,23,26,29,32,35,38,40,43,45-49,51,53-56H2,1-2H3,(H,70,74)/b7-5-,13-11-,19-17-,22-21-,25-24-,28-27-,31-30-,34-33-,37-36-,41-39-,44-42+,52-50+. The van der Waals surface area contributed by atoms with Crippen LogP contribution in [-0.2, 0) is 23.7 Å². The summed E-state index contributed by atoms with van der Waals surface area (Å²) in [5, 5.41) is 87.0. The Labute approximate surface area is 500 Å². The molecule has 0 aliphatic carbocycles. The fourth-order valence-electron chi connectivity index (χ4n) is 9.22. The van der Waals surface area contributed by atoms with Crippen LogP contribution in [0, 0.1) is 0 Å². The molecule has 0 aromatic heterocycles. The summed E-state index contributed by atoms with van der Waals surface area (Å²) in [6, 6.07) is -0.956. The molecule has 0 bridgehead atoms. The van der Waals surface area contributed by atoms with Gasteiger partial charge < -0.3 is 65.1 Å². The van der Waals surface area contributed by atoms with Crippen molar-refractivity contribution >= 4 is 5.91 Å². The first kappa shape index (κ1) is 75.0. The highest BCUT2D eigenvalue weighted by Crippen LogP contribution is 2.30. The molecule has 2 saturated heterocycles. The van der Waals surface area contributed by atoms with E-state index in [1.165, 1.54) is 51.4 Å². The lowest BCUT2D eigenvalue weighted by molar-refractivity contribution is -0.359. The number of aliphatic hydroxyl groups is 8. The van der Waals surface area contributed by atoms with E-state index in [1.54, 1.807) is 6.08 Å². The van der Waals surface area contributed by atoms with Gasteiger partial charge in [-0.1, -0.05) is 217 Å². The first-order chi connectivity index (χ1) is 40.6. The van der Waals surface area contributed by atoms with Gasteiger partial charge in [-0.15, -0.1) is 0 Å². The molecule has 0 aromatic rings. The molecule has 0 spiro atoms. The van der Waals surface area contributed by atoms with Crippen LogP contribution in [0.25, 0.3) is 0 Å². The Balaban J connectivity index is 1.71. The zero-order chi connectivity index (χ0) is 60.2. The monoisotopic (exact) mass is 1160 g/mol. The molecule has 12 atom stereocenters. The Bertz CT molecular complexity index is 1950. The summed E-state index contributed by atoms with van der Waals surface area (Å²) >= 11 is 0.